The Kier molecular flexibility index (Phi) is 32.0. The zero-order chi connectivity index (χ0) is 74.7. The van der Waals surface area contributed by atoms with Crippen LogP contribution in [0.2, 0.25) is 0 Å². The molecule has 12 amide bonds. The number of unbranched alkanes of at least 4 members (excludes halogenated alkanes) is 1. The lowest BCUT2D eigenvalue weighted by Gasteiger charge is -2.38. The monoisotopic (exact) mass is 1410 g/mol. The van der Waals surface area contributed by atoms with Crippen LogP contribution in [0.5, 0.6) is 0 Å². The third-order valence-corrected chi connectivity index (χ3v) is 18.8. The minimum absolute atomic E-state index is 0.0123. The van der Waals surface area contributed by atoms with Gasteiger partial charge in [-0.25, -0.2) is 13.2 Å². The Morgan fingerprint density at radius 3 is 1.65 bits per heavy atom. The zero-order valence-corrected chi connectivity index (χ0v) is 60.5. The van der Waals surface area contributed by atoms with Gasteiger partial charge in [0.25, 0.3) is 0 Å². The van der Waals surface area contributed by atoms with Gasteiger partial charge in [0.1, 0.15) is 53.6 Å². The van der Waals surface area contributed by atoms with Crippen LogP contribution in [0.1, 0.15) is 169 Å². The molecule has 1 aromatic carbocycles. The molecule has 30 heteroatoms. The molecule has 2 aliphatic heterocycles. The van der Waals surface area contributed by atoms with Crippen molar-refractivity contribution in [2.24, 2.45) is 23.7 Å². The molecule has 1 aromatic rings. The highest BCUT2D eigenvalue weighted by atomic mass is 19.4. The van der Waals surface area contributed by atoms with E-state index in [1.54, 1.807) is 27.7 Å². The molecule has 1 unspecified atom stereocenters. The van der Waals surface area contributed by atoms with E-state index in [0.717, 1.165) is 54.7 Å². The molecule has 4 rings (SSSR count). The van der Waals surface area contributed by atoms with Crippen molar-refractivity contribution in [3.05, 3.63) is 35.1 Å². The van der Waals surface area contributed by atoms with E-state index in [9.17, 15) is 83.9 Å². The summed E-state index contributed by atoms with van der Waals surface area (Å²) < 4.78 is 82.7. The molecule has 0 radical (unpaired) electrons. The Hall–Kier alpha value is -7.56. The number of hydrogen-bond acceptors (Lipinski definition) is 12. The molecule has 3 fully saturated rings. The van der Waals surface area contributed by atoms with Gasteiger partial charge in [-0.1, -0.05) is 73.3 Å². The summed E-state index contributed by atoms with van der Waals surface area (Å²) in [5.74, 6) is -12.4. The molecule has 0 spiro atoms. The lowest BCUT2D eigenvalue weighted by Crippen LogP contribution is -2.63. The SMILES string of the molecule is CC(C)C[C@H]1C(=O)N[C@@H](C2CCCCC2)C(=O)N(C)CC(=O)N(C)CC(=O)N(C)[C@@H](CCCCC(F)F)C(=O)N(C)CC(=O)N[C@@H](CCc2ccc(C(F)(F)F)c(F)c2)C(=O)N(C)[C@@H](CC(C)C)C(=O)NC(C)(C)C(=O)N(C)[C@@H](CC(C)C)C(=O)NC(C(=O)N2CCCC2)CC(=O)N1C. The summed E-state index contributed by atoms with van der Waals surface area (Å²) in [6, 6.07) is -7.63. The van der Waals surface area contributed by atoms with Crippen molar-refractivity contribution >= 4 is 70.9 Å². The molecule has 0 aromatic heterocycles. The topological polar surface area (TPSA) is 279 Å². The molecule has 7 atom stereocenters. The van der Waals surface area contributed by atoms with Crippen molar-refractivity contribution in [1.29, 1.82) is 0 Å². The number of hydrogen-bond donors (Lipinski definition) is 4. The highest BCUT2D eigenvalue weighted by Gasteiger charge is 2.44. The maximum atomic E-state index is 15.0. The van der Waals surface area contributed by atoms with Gasteiger partial charge >= 0.3 is 6.18 Å². The van der Waals surface area contributed by atoms with Crippen molar-refractivity contribution in [2.75, 3.05) is 82.1 Å². The number of amides is 12. The third kappa shape index (κ3) is 24.6. The first-order chi connectivity index (χ1) is 46.1. The van der Waals surface area contributed by atoms with E-state index in [1.165, 1.54) is 73.0 Å². The number of carbonyl (C=O) groups is 12. The van der Waals surface area contributed by atoms with Gasteiger partial charge in [-0.3, -0.25) is 57.5 Å². The number of aryl methyl sites for hydroxylation is 1. The summed E-state index contributed by atoms with van der Waals surface area (Å²) in [6.45, 7) is 12.0. The summed E-state index contributed by atoms with van der Waals surface area (Å²) in [6.07, 6.45) is -5.25. The van der Waals surface area contributed by atoms with Crippen molar-refractivity contribution in [2.45, 2.75) is 225 Å². The van der Waals surface area contributed by atoms with E-state index in [2.05, 4.69) is 21.3 Å². The predicted molar refractivity (Wildman–Crippen MR) is 357 cm³/mol. The van der Waals surface area contributed by atoms with Crippen LogP contribution in [0.15, 0.2) is 18.2 Å². The number of halogens is 6. The number of benzene rings is 1. The van der Waals surface area contributed by atoms with Gasteiger partial charge < -0.3 is 60.5 Å². The number of carbonyl (C=O) groups excluding carboxylic acids is 12. The van der Waals surface area contributed by atoms with Crippen LogP contribution < -0.4 is 21.3 Å². The summed E-state index contributed by atoms with van der Waals surface area (Å²) in [4.78, 5) is 184. The Bertz CT molecular complexity index is 3000. The second kappa shape index (κ2) is 37.7. The Morgan fingerprint density at radius 1 is 0.576 bits per heavy atom. The molecule has 558 valence electrons. The van der Waals surface area contributed by atoms with Crippen LogP contribution in [0.25, 0.3) is 0 Å². The molecule has 4 N–H and O–H groups in total. The molecular weight excluding hydrogens is 1300 g/mol. The number of likely N-dealkylation sites (N-methyl/N-ethyl adjacent to an activating group) is 7. The predicted octanol–water partition coefficient (Wildman–Crippen LogP) is 5.38. The van der Waals surface area contributed by atoms with Gasteiger partial charge in [0.05, 0.1) is 31.6 Å². The molecular formula is C69H108F6N12O12. The molecule has 99 heavy (non-hydrogen) atoms. The fourth-order valence-electron chi connectivity index (χ4n) is 12.9. The van der Waals surface area contributed by atoms with Crippen LogP contribution in [0.4, 0.5) is 26.3 Å². The number of rotatable bonds is 16. The number of nitrogens with zero attached hydrogens (tertiary/aromatic N) is 8. The normalized spacial score (nSPS) is 24.4. The molecule has 0 bridgehead atoms. The van der Waals surface area contributed by atoms with Crippen molar-refractivity contribution in [3.8, 4) is 0 Å². The van der Waals surface area contributed by atoms with E-state index in [4.69, 9.17) is 0 Å². The maximum absolute atomic E-state index is 15.0. The zero-order valence-electron chi connectivity index (χ0n) is 60.5. The van der Waals surface area contributed by atoms with Gasteiger partial charge in [0.15, 0.2) is 0 Å². The summed E-state index contributed by atoms with van der Waals surface area (Å²) >= 11 is 0. The first-order valence-electron chi connectivity index (χ1n) is 34.5. The van der Waals surface area contributed by atoms with Crippen LogP contribution in [-0.4, -0.2) is 246 Å². The van der Waals surface area contributed by atoms with Gasteiger partial charge in [0, 0.05) is 68.8 Å². The van der Waals surface area contributed by atoms with E-state index in [1.807, 2.05) is 13.8 Å². The minimum Gasteiger partial charge on any atom is -0.343 e. The molecule has 2 heterocycles. The fourth-order valence-corrected chi connectivity index (χ4v) is 12.9. The second-order valence-electron chi connectivity index (χ2n) is 28.9. The quantitative estimate of drug-likeness (QED) is 0.120. The summed E-state index contributed by atoms with van der Waals surface area (Å²) in [5, 5.41) is 11.0. The summed E-state index contributed by atoms with van der Waals surface area (Å²) in [5.41, 5.74) is -3.44. The van der Waals surface area contributed by atoms with Gasteiger partial charge in [-0.2, -0.15) is 13.2 Å². The molecule has 24 nitrogen and oxygen atoms in total. The highest BCUT2D eigenvalue weighted by molar-refractivity contribution is 6.00. The van der Waals surface area contributed by atoms with Crippen LogP contribution in [-0.2, 0) is 70.1 Å². The van der Waals surface area contributed by atoms with Crippen LogP contribution in [0, 0.1) is 29.5 Å². The van der Waals surface area contributed by atoms with E-state index >= 15 is 0 Å². The number of likely N-dealkylation sites (tertiary alicyclic amines) is 1. The van der Waals surface area contributed by atoms with Crippen molar-refractivity contribution in [3.63, 3.8) is 0 Å². The minimum atomic E-state index is -5.05. The van der Waals surface area contributed by atoms with E-state index in [-0.39, 0.29) is 68.3 Å². The van der Waals surface area contributed by atoms with Crippen molar-refractivity contribution in [1.82, 2.24) is 60.5 Å². The lowest BCUT2D eigenvalue weighted by atomic mass is 9.83. The Morgan fingerprint density at radius 2 is 1.10 bits per heavy atom. The largest absolute Gasteiger partial charge is 0.419 e. The van der Waals surface area contributed by atoms with E-state index in [0.29, 0.717) is 50.9 Å². The number of alkyl halides is 5. The Balaban J connectivity index is 1.89. The highest BCUT2D eigenvalue weighted by Crippen LogP contribution is 2.33. The van der Waals surface area contributed by atoms with Crippen LogP contribution >= 0.6 is 0 Å². The van der Waals surface area contributed by atoms with Crippen molar-refractivity contribution < 1.29 is 83.9 Å². The fraction of sp³-hybridized carbons (Fsp3) is 0.739. The maximum Gasteiger partial charge on any atom is 0.419 e. The third-order valence-electron chi connectivity index (χ3n) is 18.8. The standard InChI is InChI=1S/C69H108F6N12O12/c1-41(2)33-51-61(93)78-59(45-23-17-16-18-24-45)66(98)82(11)39-57(90)80(9)40-58(91)83(12)50(25-19-20-26-54(71)72)65(97)81(10)38-55(88)76-48(30-28-44-27-29-46(47(70)36-44)69(73,74)75)63(95)85(14)53(35-43(5)6)62(94)79-68(7,8)67(99)86(15)52(34-42(3)4)60(92)77-49(37-56(89)84(51)13)64(96)87-31-21-22-32-87/h27,29,36,41-43,45,48-54,59H,16-26,28,30-35,37-40H2,1-15H3,(H,76,88)(H,77,92)(H,78,93)(H,79,94)/t48-,49?,50-,51-,52-,53-,59-/m0/s1. The van der Waals surface area contributed by atoms with E-state index < -0.39 is 188 Å². The molecule has 3 aliphatic rings. The lowest BCUT2D eigenvalue weighted by molar-refractivity contribution is -0.149. The Labute approximate surface area is 579 Å². The van der Waals surface area contributed by atoms with Gasteiger partial charge in [-0.05, 0) is 126 Å². The smallest absolute Gasteiger partial charge is 0.343 e. The molecule has 1 saturated carbocycles. The average Bonchev–Trinajstić information content (AvgIpc) is 0.878. The van der Waals surface area contributed by atoms with Gasteiger partial charge in [-0.15, -0.1) is 0 Å². The van der Waals surface area contributed by atoms with Crippen LogP contribution in [0.3, 0.4) is 0 Å². The summed E-state index contributed by atoms with van der Waals surface area (Å²) in [7, 11) is 9.03. The molecule has 2 saturated heterocycles. The average molecular weight is 1410 g/mol. The first kappa shape index (κ1) is 83.9. The second-order valence-corrected chi connectivity index (χ2v) is 28.9. The molecule has 1 aliphatic carbocycles. The number of nitrogens with one attached hydrogen (secondary N) is 4. The van der Waals surface area contributed by atoms with Gasteiger partial charge in [0.2, 0.25) is 77.3 Å². The first-order valence-corrected chi connectivity index (χ1v) is 34.5.